The van der Waals surface area contributed by atoms with Crippen molar-refractivity contribution >= 4 is 17.5 Å². The van der Waals surface area contributed by atoms with Gasteiger partial charge in [0.1, 0.15) is 0 Å². The van der Waals surface area contributed by atoms with E-state index in [1.165, 1.54) is 19.8 Å². The van der Waals surface area contributed by atoms with Crippen LogP contribution in [0.15, 0.2) is 54.6 Å². The average molecular weight is 519 g/mol. The van der Waals surface area contributed by atoms with E-state index >= 15 is 0 Å². The molecule has 3 aromatic carbocycles. The smallest absolute Gasteiger partial charge is 0.254 e. The maximum Gasteiger partial charge on any atom is 0.254 e. The Morgan fingerprint density at radius 1 is 0.816 bits per heavy atom. The van der Waals surface area contributed by atoms with Gasteiger partial charge < -0.3 is 29.2 Å². The number of amides is 2. The van der Waals surface area contributed by atoms with E-state index in [1.54, 1.807) is 50.4 Å². The molecule has 1 heterocycles. The lowest BCUT2D eigenvalue weighted by molar-refractivity contribution is -0.119. The van der Waals surface area contributed by atoms with Crippen LogP contribution in [0.25, 0.3) is 0 Å². The molecule has 0 fully saturated rings. The monoisotopic (exact) mass is 518 g/mol. The predicted octanol–water partition coefficient (Wildman–Crippen LogP) is 5.39. The van der Waals surface area contributed by atoms with Gasteiger partial charge in [-0.3, -0.25) is 9.59 Å². The summed E-state index contributed by atoms with van der Waals surface area (Å²) in [6.45, 7) is 4.24. The summed E-state index contributed by atoms with van der Waals surface area (Å²) in [5.41, 5.74) is 3.52. The number of hydrogen-bond donors (Lipinski definition) is 1. The van der Waals surface area contributed by atoms with Gasteiger partial charge in [0, 0.05) is 18.3 Å². The Hall–Kier alpha value is -4.20. The lowest BCUT2D eigenvalue weighted by Gasteiger charge is -2.40. The normalized spacial score (nSPS) is 16.6. The number of nitrogens with zero attached hydrogens (tertiary/aromatic N) is 1. The minimum absolute atomic E-state index is 0.230. The first-order valence-corrected chi connectivity index (χ1v) is 12.4. The van der Waals surface area contributed by atoms with Crippen LogP contribution < -0.4 is 24.3 Å². The van der Waals surface area contributed by atoms with Crippen LogP contribution in [0.3, 0.4) is 0 Å². The maximum absolute atomic E-state index is 14.0. The Balaban J connectivity index is 1.86. The van der Waals surface area contributed by atoms with E-state index in [0.29, 0.717) is 45.7 Å². The van der Waals surface area contributed by atoms with Crippen LogP contribution in [0.2, 0.25) is 0 Å². The molecule has 0 saturated carbocycles. The number of carbonyl (C=O) groups excluding carboxylic acids is 2. The summed E-state index contributed by atoms with van der Waals surface area (Å²) in [6.07, 6.45) is 0. The first kappa shape index (κ1) is 26.9. The molecule has 1 aliphatic rings. The van der Waals surface area contributed by atoms with E-state index in [1.807, 2.05) is 30.3 Å². The fraction of sp³-hybridized carbons (Fsp3) is 0.333. The number of likely N-dealkylation sites (N-methyl/N-ethyl adjacent to an activating group) is 1. The second kappa shape index (κ2) is 11.0. The zero-order chi connectivity index (χ0) is 27.6. The predicted molar refractivity (Wildman–Crippen MR) is 146 cm³/mol. The van der Waals surface area contributed by atoms with Crippen LogP contribution in [0.5, 0.6) is 23.0 Å². The molecule has 0 unspecified atom stereocenters. The molecule has 8 nitrogen and oxygen atoms in total. The molecule has 0 radical (unpaired) electrons. The summed E-state index contributed by atoms with van der Waals surface area (Å²) < 4.78 is 21.9. The van der Waals surface area contributed by atoms with Gasteiger partial charge in [-0.15, -0.1) is 0 Å². The molecule has 38 heavy (non-hydrogen) atoms. The van der Waals surface area contributed by atoms with E-state index in [-0.39, 0.29) is 11.8 Å². The van der Waals surface area contributed by atoms with E-state index in [9.17, 15) is 9.59 Å². The fourth-order valence-electron chi connectivity index (χ4n) is 4.96. The van der Waals surface area contributed by atoms with Gasteiger partial charge >= 0.3 is 0 Å². The first-order valence-electron chi connectivity index (χ1n) is 12.4. The molecule has 0 aliphatic carbocycles. The largest absolute Gasteiger partial charge is 0.493 e. The van der Waals surface area contributed by atoms with Crippen molar-refractivity contribution in [3.63, 3.8) is 0 Å². The van der Waals surface area contributed by atoms with Gasteiger partial charge in [-0.25, -0.2) is 0 Å². The van der Waals surface area contributed by atoms with Crippen LogP contribution >= 0.6 is 0 Å². The summed E-state index contributed by atoms with van der Waals surface area (Å²) in [4.78, 5) is 29.2. The second-order valence-corrected chi connectivity index (χ2v) is 9.51. The number of methoxy groups -OCH3 is 4. The molecule has 3 aromatic rings. The third kappa shape index (κ3) is 4.86. The van der Waals surface area contributed by atoms with Gasteiger partial charge in [0.2, 0.25) is 5.91 Å². The topological polar surface area (TPSA) is 86.3 Å². The molecule has 1 aliphatic heterocycles. The van der Waals surface area contributed by atoms with Crippen molar-refractivity contribution in [2.45, 2.75) is 31.7 Å². The van der Waals surface area contributed by atoms with Gasteiger partial charge in [-0.05, 0) is 59.0 Å². The third-order valence-electron chi connectivity index (χ3n) is 7.05. The minimum Gasteiger partial charge on any atom is -0.493 e. The van der Waals surface area contributed by atoms with Gasteiger partial charge in [0.15, 0.2) is 23.0 Å². The molecule has 0 spiro atoms. The SMILES string of the molecule is COc1ccc([C@H]2[C@H](C(=O)Nc3ccc(C(C)C)cc3)c3cc(OC)c(OC)cc3C(=O)N2C)cc1OC. The zero-order valence-corrected chi connectivity index (χ0v) is 22.8. The molecule has 8 heteroatoms. The fourth-order valence-corrected chi connectivity index (χ4v) is 4.96. The van der Waals surface area contributed by atoms with Crippen LogP contribution in [-0.4, -0.2) is 52.2 Å². The van der Waals surface area contributed by atoms with E-state index < -0.39 is 12.0 Å². The Morgan fingerprint density at radius 2 is 1.39 bits per heavy atom. The van der Waals surface area contributed by atoms with E-state index in [4.69, 9.17) is 18.9 Å². The maximum atomic E-state index is 14.0. The quantitative estimate of drug-likeness (QED) is 0.430. The number of anilines is 1. The van der Waals surface area contributed by atoms with Crippen LogP contribution in [0, 0.1) is 0 Å². The van der Waals surface area contributed by atoms with Crippen molar-refractivity contribution in [3.8, 4) is 23.0 Å². The van der Waals surface area contributed by atoms with E-state index in [2.05, 4.69) is 19.2 Å². The summed E-state index contributed by atoms with van der Waals surface area (Å²) in [5.74, 6) is 1.05. The Morgan fingerprint density at radius 3 is 1.97 bits per heavy atom. The zero-order valence-electron chi connectivity index (χ0n) is 22.8. The summed E-state index contributed by atoms with van der Waals surface area (Å²) in [6, 6.07) is 16.0. The number of nitrogens with one attached hydrogen (secondary N) is 1. The van der Waals surface area contributed by atoms with Crippen LogP contribution in [-0.2, 0) is 4.79 Å². The average Bonchev–Trinajstić information content (AvgIpc) is 2.93. The number of fused-ring (bicyclic) bond motifs is 1. The summed E-state index contributed by atoms with van der Waals surface area (Å²) in [7, 11) is 7.84. The molecular formula is C30H34N2O6. The lowest BCUT2D eigenvalue weighted by Crippen LogP contribution is -2.44. The van der Waals surface area contributed by atoms with Crippen molar-refractivity contribution in [2.75, 3.05) is 40.8 Å². The standard InChI is InChI=1S/C30H34N2O6/c1-17(2)18-8-11-20(12-9-18)31-29(33)27-21-15-25(37-6)26(38-7)16-22(21)30(34)32(3)28(27)19-10-13-23(35-4)24(14-19)36-5/h8-17,27-28H,1-7H3,(H,31,33)/t27-,28+/m1/s1. The minimum atomic E-state index is -0.754. The molecule has 0 aromatic heterocycles. The number of rotatable bonds is 8. The Bertz CT molecular complexity index is 1340. The highest BCUT2D eigenvalue weighted by Crippen LogP contribution is 2.47. The molecule has 200 valence electrons. The molecule has 2 atom stereocenters. The first-order chi connectivity index (χ1) is 18.2. The highest BCUT2D eigenvalue weighted by Gasteiger charge is 2.44. The highest BCUT2D eigenvalue weighted by molar-refractivity contribution is 6.05. The van der Waals surface area contributed by atoms with Gasteiger partial charge in [-0.1, -0.05) is 32.0 Å². The molecule has 2 amide bonds. The van der Waals surface area contributed by atoms with Gasteiger partial charge in [-0.2, -0.15) is 0 Å². The van der Waals surface area contributed by atoms with Crippen LogP contribution in [0.1, 0.15) is 58.8 Å². The van der Waals surface area contributed by atoms with Gasteiger partial charge in [0.05, 0.1) is 40.4 Å². The van der Waals surface area contributed by atoms with Crippen molar-refractivity contribution in [1.29, 1.82) is 0 Å². The summed E-state index contributed by atoms with van der Waals surface area (Å²) in [5, 5.41) is 3.07. The number of benzene rings is 3. The van der Waals surface area contributed by atoms with E-state index in [0.717, 1.165) is 5.56 Å². The van der Waals surface area contributed by atoms with Crippen molar-refractivity contribution in [2.24, 2.45) is 0 Å². The highest BCUT2D eigenvalue weighted by atomic mass is 16.5. The summed E-state index contributed by atoms with van der Waals surface area (Å²) >= 11 is 0. The lowest BCUT2D eigenvalue weighted by atomic mass is 9.79. The van der Waals surface area contributed by atoms with Gasteiger partial charge in [0.25, 0.3) is 5.91 Å². The van der Waals surface area contributed by atoms with Crippen molar-refractivity contribution < 1.29 is 28.5 Å². The second-order valence-electron chi connectivity index (χ2n) is 9.51. The molecule has 4 rings (SSSR count). The third-order valence-corrected chi connectivity index (χ3v) is 7.05. The Kier molecular flexibility index (Phi) is 7.80. The van der Waals surface area contributed by atoms with Crippen molar-refractivity contribution in [3.05, 3.63) is 76.9 Å². The number of carbonyl (C=O) groups is 2. The number of hydrogen-bond acceptors (Lipinski definition) is 6. The Labute approximate surface area is 223 Å². The van der Waals surface area contributed by atoms with Crippen LogP contribution in [0.4, 0.5) is 5.69 Å². The van der Waals surface area contributed by atoms with Crippen molar-refractivity contribution in [1.82, 2.24) is 4.90 Å². The molecule has 0 saturated heterocycles. The molecule has 0 bridgehead atoms. The molecular weight excluding hydrogens is 484 g/mol. The molecule has 1 N–H and O–H groups in total. The number of ether oxygens (including phenoxy) is 4.